The molecule has 1 aliphatic heterocycles. The molecule has 0 radical (unpaired) electrons. The zero-order chi connectivity index (χ0) is 20.6. The lowest BCUT2D eigenvalue weighted by molar-refractivity contribution is -0.153. The topological polar surface area (TPSA) is 20.3 Å². The smallest absolute Gasteiger partial charge is 0.228 e. The molecule has 1 amide bonds. The number of likely N-dealkylation sites (tertiary alicyclic amines) is 1. The zero-order valence-electron chi connectivity index (χ0n) is 19.0. The molecule has 1 aromatic rings. The minimum absolute atomic E-state index is 0.251. The fraction of sp³-hybridized carbons (Fsp3) is 0.708. The maximum Gasteiger partial charge on any atom is 0.228 e. The van der Waals surface area contributed by atoms with Crippen LogP contribution < -0.4 is 0 Å². The summed E-state index contributed by atoms with van der Waals surface area (Å²) < 4.78 is 0. The molecule has 1 fully saturated rings. The largest absolute Gasteiger partial charge is 0.332 e. The van der Waals surface area contributed by atoms with Crippen molar-refractivity contribution in [3.8, 4) is 0 Å². The Morgan fingerprint density at radius 1 is 1.00 bits per heavy atom. The first kappa shape index (κ1) is 22.2. The van der Waals surface area contributed by atoms with Gasteiger partial charge >= 0.3 is 0 Å². The normalized spacial score (nSPS) is 21.1. The van der Waals surface area contributed by atoms with Crippen LogP contribution in [0, 0.1) is 5.41 Å². The van der Waals surface area contributed by atoms with Crippen molar-refractivity contribution in [2.45, 2.75) is 103 Å². The van der Waals surface area contributed by atoms with Gasteiger partial charge in [0.1, 0.15) is 0 Å². The summed E-state index contributed by atoms with van der Waals surface area (Å²) in [5, 5.41) is 0. The van der Waals surface area contributed by atoms with Crippen LogP contribution in [-0.2, 0) is 4.79 Å². The molecule has 152 valence electrons. The number of hydrogen-bond donors (Lipinski definition) is 0. The van der Waals surface area contributed by atoms with E-state index in [1.165, 1.54) is 11.6 Å². The number of carbonyl (C=O) groups is 1. The molecule has 1 saturated heterocycles. The van der Waals surface area contributed by atoms with Crippen LogP contribution in [0.4, 0.5) is 0 Å². The summed E-state index contributed by atoms with van der Waals surface area (Å²) in [4.78, 5) is 15.6. The molecule has 1 aliphatic rings. The van der Waals surface area contributed by atoms with Crippen molar-refractivity contribution in [3.63, 3.8) is 0 Å². The highest BCUT2D eigenvalue weighted by atomic mass is 28.3. The number of benzene rings is 1. The van der Waals surface area contributed by atoms with Crippen LogP contribution in [-0.4, -0.2) is 24.9 Å². The summed E-state index contributed by atoms with van der Waals surface area (Å²) in [6.07, 6.45) is 1.12. The van der Waals surface area contributed by atoms with Crippen molar-refractivity contribution in [1.29, 1.82) is 0 Å². The van der Waals surface area contributed by atoms with Crippen molar-refractivity contribution >= 4 is 14.0 Å². The Morgan fingerprint density at radius 3 is 1.89 bits per heavy atom. The highest BCUT2D eigenvalue weighted by molar-refractivity contribution is 6.83. The lowest BCUT2D eigenvalue weighted by Gasteiger charge is -2.56. The first-order valence-corrected chi connectivity index (χ1v) is 13.2. The summed E-state index contributed by atoms with van der Waals surface area (Å²) in [6.45, 7) is 20.7. The molecule has 27 heavy (non-hydrogen) atoms. The molecule has 0 aliphatic carbocycles. The van der Waals surface area contributed by atoms with Crippen molar-refractivity contribution in [2.75, 3.05) is 0 Å². The molecule has 0 bridgehead atoms. The van der Waals surface area contributed by atoms with Gasteiger partial charge in [0.05, 0.1) is 14.1 Å². The summed E-state index contributed by atoms with van der Waals surface area (Å²) in [5.41, 5.74) is 3.17. The molecule has 0 unspecified atom stereocenters. The fourth-order valence-electron chi connectivity index (χ4n) is 5.56. The predicted molar refractivity (Wildman–Crippen MR) is 120 cm³/mol. The minimum Gasteiger partial charge on any atom is -0.332 e. The fourth-order valence-corrected chi connectivity index (χ4v) is 12.2. The highest BCUT2D eigenvalue weighted by Gasteiger charge is 2.51. The second-order valence-electron chi connectivity index (χ2n) is 10.6. The predicted octanol–water partition coefficient (Wildman–Crippen LogP) is 7.05. The first-order valence-electron chi connectivity index (χ1n) is 10.8. The summed E-state index contributed by atoms with van der Waals surface area (Å²) >= 11 is 0. The third-order valence-corrected chi connectivity index (χ3v) is 14.7. The third-order valence-electron chi connectivity index (χ3n) is 7.10. The van der Waals surface area contributed by atoms with Crippen molar-refractivity contribution in [3.05, 3.63) is 35.9 Å². The molecule has 2 atom stereocenters. The highest BCUT2D eigenvalue weighted by Crippen LogP contribution is 2.51. The molecule has 0 spiro atoms. The van der Waals surface area contributed by atoms with Gasteiger partial charge in [0.2, 0.25) is 5.91 Å². The van der Waals surface area contributed by atoms with Crippen LogP contribution in [0.15, 0.2) is 30.3 Å². The maximum absolute atomic E-state index is 13.4. The Balaban J connectivity index is 2.36. The lowest BCUT2D eigenvalue weighted by Crippen LogP contribution is -2.60. The molecule has 2 rings (SSSR count). The molecule has 3 heteroatoms. The van der Waals surface area contributed by atoms with Gasteiger partial charge in [-0.15, -0.1) is 0 Å². The lowest BCUT2D eigenvalue weighted by atomic mass is 9.83. The van der Waals surface area contributed by atoms with E-state index >= 15 is 0 Å². The molecule has 0 N–H and O–H groups in total. The van der Waals surface area contributed by atoms with Crippen molar-refractivity contribution < 1.29 is 4.79 Å². The van der Waals surface area contributed by atoms with Crippen LogP contribution in [0.1, 0.15) is 80.3 Å². The van der Waals surface area contributed by atoms with Gasteiger partial charge in [-0.1, -0.05) is 109 Å². The number of carbonyl (C=O) groups excluding carboxylic acids is 1. The van der Waals surface area contributed by atoms with Gasteiger partial charge in [-0.05, 0) is 18.0 Å². The molecule has 0 aromatic heterocycles. The van der Waals surface area contributed by atoms with Crippen LogP contribution in [0.25, 0.3) is 0 Å². The van der Waals surface area contributed by atoms with E-state index in [2.05, 4.69) is 97.5 Å². The van der Waals surface area contributed by atoms with E-state index in [9.17, 15) is 4.79 Å². The third kappa shape index (κ3) is 4.18. The van der Waals surface area contributed by atoms with Gasteiger partial charge in [-0.25, -0.2) is 0 Å². The number of amides is 1. The van der Waals surface area contributed by atoms with Crippen LogP contribution in [0.2, 0.25) is 22.7 Å². The van der Waals surface area contributed by atoms with E-state index in [0.29, 0.717) is 11.9 Å². The molecule has 0 saturated carbocycles. The Morgan fingerprint density at radius 2 is 1.48 bits per heavy atom. The number of rotatable bonds is 6. The standard InChI is InChI=1S/C24H41NOSi/c1-17(2)27(18(3)4,19(5)6)16-21-15-22(20-13-11-10-12-14-20)25(21)23(26)24(7,8)9/h10-14,17-19,21-22H,15-16H2,1-9H3/t21-,22-/m1/s1. The number of hydrogen-bond acceptors (Lipinski definition) is 1. The zero-order valence-corrected chi connectivity index (χ0v) is 20.0. The Bertz CT molecular complexity index is 608. The SMILES string of the molecule is CC(C)[Si](C[C@H]1C[C@H](c2ccccc2)N1C(=O)C(C)(C)C)(C(C)C)C(C)C. The molecular weight excluding hydrogens is 346 g/mol. The Hall–Kier alpha value is -1.09. The van der Waals surface area contributed by atoms with E-state index in [-0.39, 0.29) is 11.5 Å². The van der Waals surface area contributed by atoms with Gasteiger partial charge in [0.15, 0.2) is 0 Å². The maximum atomic E-state index is 13.4. The Labute approximate surface area is 168 Å². The molecule has 2 nitrogen and oxygen atoms in total. The van der Waals surface area contributed by atoms with Crippen LogP contribution >= 0.6 is 0 Å². The van der Waals surface area contributed by atoms with Gasteiger partial charge < -0.3 is 4.90 Å². The summed E-state index contributed by atoms with van der Waals surface area (Å²) in [6, 6.07) is 12.5. The molecule has 1 aromatic carbocycles. The Kier molecular flexibility index (Phi) is 6.66. The van der Waals surface area contributed by atoms with Crippen LogP contribution in [0.5, 0.6) is 0 Å². The van der Waals surface area contributed by atoms with Gasteiger partial charge in [-0.2, -0.15) is 0 Å². The van der Waals surface area contributed by atoms with Crippen LogP contribution in [0.3, 0.4) is 0 Å². The quantitative estimate of drug-likeness (QED) is 0.479. The van der Waals surface area contributed by atoms with Gasteiger partial charge in [-0.3, -0.25) is 4.79 Å². The van der Waals surface area contributed by atoms with E-state index in [0.717, 1.165) is 23.0 Å². The molecular formula is C24H41NOSi. The first-order chi connectivity index (χ1) is 12.4. The monoisotopic (exact) mass is 387 g/mol. The number of nitrogens with zero attached hydrogens (tertiary/aromatic N) is 1. The second-order valence-corrected chi connectivity index (χ2v) is 16.7. The van der Waals surface area contributed by atoms with E-state index in [1.807, 2.05) is 0 Å². The van der Waals surface area contributed by atoms with E-state index in [4.69, 9.17) is 0 Å². The van der Waals surface area contributed by atoms with E-state index in [1.54, 1.807) is 0 Å². The van der Waals surface area contributed by atoms with E-state index < -0.39 is 8.07 Å². The van der Waals surface area contributed by atoms with Gasteiger partial charge in [0.25, 0.3) is 0 Å². The summed E-state index contributed by atoms with van der Waals surface area (Å²) in [5.74, 6) is 0.312. The average Bonchev–Trinajstić information content (AvgIpc) is 2.53. The summed E-state index contributed by atoms with van der Waals surface area (Å²) in [7, 11) is -1.53. The second kappa shape index (κ2) is 8.11. The minimum atomic E-state index is -1.53. The average molecular weight is 388 g/mol. The molecule has 1 heterocycles. The van der Waals surface area contributed by atoms with Crippen molar-refractivity contribution in [2.24, 2.45) is 5.41 Å². The van der Waals surface area contributed by atoms with Crippen molar-refractivity contribution in [1.82, 2.24) is 4.90 Å². The van der Waals surface area contributed by atoms with Gasteiger partial charge in [0, 0.05) is 11.5 Å².